The van der Waals surface area contributed by atoms with Crippen molar-refractivity contribution in [2.45, 2.75) is 13.8 Å². The molecule has 0 bridgehead atoms. The number of hydrogen-bond acceptors (Lipinski definition) is 4. The molecule has 0 saturated heterocycles. The summed E-state index contributed by atoms with van der Waals surface area (Å²) < 4.78 is 18.4. The number of halogens is 2. The van der Waals surface area contributed by atoms with E-state index in [1.165, 1.54) is 12.1 Å². The van der Waals surface area contributed by atoms with Gasteiger partial charge in [-0.2, -0.15) is 5.10 Å². The van der Waals surface area contributed by atoms with Gasteiger partial charge in [-0.25, -0.2) is 9.18 Å². The fourth-order valence-electron chi connectivity index (χ4n) is 1.56. The van der Waals surface area contributed by atoms with Crippen molar-refractivity contribution in [2.24, 2.45) is 0 Å². The first-order valence-electron chi connectivity index (χ1n) is 5.60. The summed E-state index contributed by atoms with van der Waals surface area (Å²) in [6.45, 7) is 3.26. The first-order valence-corrected chi connectivity index (χ1v) is 5.98. The molecule has 0 aliphatic carbocycles. The van der Waals surface area contributed by atoms with Crippen LogP contribution in [-0.2, 0) is 0 Å². The van der Waals surface area contributed by atoms with E-state index in [4.69, 9.17) is 16.3 Å². The summed E-state index contributed by atoms with van der Waals surface area (Å²) in [5.41, 5.74) is 0.862. The Balaban J connectivity index is 2.45. The number of benzene rings is 1. The first kappa shape index (κ1) is 14.2. The zero-order valence-corrected chi connectivity index (χ0v) is 11.4. The van der Waals surface area contributed by atoms with Crippen LogP contribution in [0.5, 0.6) is 11.6 Å². The quantitative estimate of drug-likeness (QED) is 0.940. The van der Waals surface area contributed by atoms with Crippen LogP contribution >= 0.6 is 11.6 Å². The topological polar surface area (TPSA) is 72.3 Å². The van der Waals surface area contributed by atoms with E-state index in [-0.39, 0.29) is 22.2 Å². The van der Waals surface area contributed by atoms with Crippen molar-refractivity contribution in [3.8, 4) is 11.6 Å². The predicted molar refractivity (Wildman–Crippen MR) is 69.9 cm³/mol. The van der Waals surface area contributed by atoms with Gasteiger partial charge >= 0.3 is 5.97 Å². The summed E-state index contributed by atoms with van der Waals surface area (Å²) in [6.07, 6.45) is 0. The number of nitrogens with zero attached hydrogens (tertiary/aromatic N) is 2. The molecule has 20 heavy (non-hydrogen) atoms. The van der Waals surface area contributed by atoms with Gasteiger partial charge in [0.05, 0.1) is 10.7 Å². The SMILES string of the molecule is Cc1nnc(Oc2ccc(F)c(Cl)c2)c(C(=O)O)c1C. The van der Waals surface area contributed by atoms with E-state index in [2.05, 4.69) is 10.2 Å². The molecule has 0 saturated carbocycles. The van der Waals surface area contributed by atoms with Crippen LogP contribution in [0.4, 0.5) is 4.39 Å². The number of carboxylic acid groups (broad SMARTS) is 1. The molecule has 1 heterocycles. The Hall–Kier alpha value is -2.21. The number of ether oxygens (including phenoxy) is 1. The van der Waals surface area contributed by atoms with E-state index in [9.17, 15) is 14.3 Å². The molecule has 0 aliphatic rings. The number of carboxylic acids is 1. The molecule has 1 aromatic carbocycles. The van der Waals surface area contributed by atoms with Crippen LogP contribution in [0.15, 0.2) is 18.2 Å². The van der Waals surface area contributed by atoms with Crippen molar-refractivity contribution in [3.63, 3.8) is 0 Å². The second-order valence-electron chi connectivity index (χ2n) is 4.07. The minimum Gasteiger partial charge on any atom is -0.477 e. The molecule has 1 aromatic heterocycles. The van der Waals surface area contributed by atoms with Crippen molar-refractivity contribution in [1.29, 1.82) is 0 Å². The fourth-order valence-corrected chi connectivity index (χ4v) is 1.73. The summed E-state index contributed by atoms with van der Waals surface area (Å²) in [4.78, 5) is 11.3. The van der Waals surface area contributed by atoms with Crippen molar-refractivity contribution in [3.05, 3.63) is 45.9 Å². The molecule has 104 valence electrons. The third kappa shape index (κ3) is 2.70. The Labute approximate surface area is 119 Å². The number of aryl methyl sites for hydroxylation is 1. The molecule has 2 rings (SSSR count). The third-order valence-electron chi connectivity index (χ3n) is 2.74. The molecule has 0 fully saturated rings. The normalized spacial score (nSPS) is 10.4. The number of carbonyl (C=O) groups is 1. The fraction of sp³-hybridized carbons (Fsp3) is 0.154. The van der Waals surface area contributed by atoms with E-state index < -0.39 is 11.8 Å². The zero-order chi connectivity index (χ0) is 14.9. The molecule has 0 spiro atoms. The lowest BCUT2D eigenvalue weighted by Gasteiger charge is -2.10. The van der Waals surface area contributed by atoms with Crippen LogP contribution in [0.2, 0.25) is 5.02 Å². The minimum atomic E-state index is -1.18. The van der Waals surface area contributed by atoms with Crippen LogP contribution in [-0.4, -0.2) is 21.3 Å². The summed E-state index contributed by atoms with van der Waals surface area (Å²) in [5.74, 6) is -1.76. The van der Waals surface area contributed by atoms with Gasteiger partial charge in [-0.1, -0.05) is 11.6 Å². The summed E-state index contributed by atoms with van der Waals surface area (Å²) >= 11 is 5.63. The van der Waals surface area contributed by atoms with Gasteiger partial charge in [0, 0.05) is 6.07 Å². The van der Waals surface area contributed by atoms with Gasteiger partial charge in [-0.3, -0.25) is 0 Å². The van der Waals surface area contributed by atoms with Gasteiger partial charge in [0.1, 0.15) is 17.1 Å². The summed E-state index contributed by atoms with van der Waals surface area (Å²) in [5, 5.41) is 16.6. The maximum atomic E-state index is 13.1. The molecule has 1 N–H and O–H groups in total. The highest BCUT2D eigenvalue weighted by molar-refractivity contribution is 6.30. The highest BCUT2D eigenvalue weighted by Crippen LogP contribution is 2.28. The molecular formula is C13H10ClFN2O3. The lowest BCUT2D eigenvalue weighted by Crippen LogP contribution is -2.08. The van der Waals surface area contributed by atoms with Gasteiger partial charge < -0.3 is 9.84 Å². The van der Waals surface area contributed by atoms with Gasteiger partial charge in [0.25, 0.3) is 5.88 Å². The third-order valence-corrected chi connectivity index (χ3v) is 3.03. The monoisotopic (exact) mass is 296 g/mol. The molecule has 0 unspecified atom stereocenters. The maximum Gasteiger partial charge on any atom is 0.341 e. The van der Waals surface area contributed by atoms with E-state index in [1.54, 1.807) is 13.8 Å². The van der Waals surface area contributed by atoms with Crippen LogP contribution in [0.3, 0.4) is 0 Å². The number of aromatic carboxylic acids is 1. The smallest absolute Gasteiger partial charge is 0.341 e. The average Bonchev–Trinajstić information content (AvgIpc) is 2.38. The molecule has 7 heteroatoms. The van der Waals surface area contributed by atoms with Crippen molar-refractivity contribution < 1.29 is 19.0 Å². The molecule has 0 atom stereocenters. The zero-order valence-electron chi connectivity index (χ0n) is 10.6. The van der Waals surface area contributed by atoms with Gasteiger partial charge in [-0.15, -0.1) is 5.10 Å². The second-order valence-corrected chi connectivity index (χ2v) is 4.48. The van der Waals surface area contributed by atoms with Crippen LogP contribution in [0.1, 0.15) is 21.6 Å². The van der Waals surface area contributed by atoms with Crippen molar-refractivity contribution >= 4 is 17.6 Å². The molecule has 2 aromatic rings. The van der Waals surface area contributed by atoms with E-state index >= 15 is 0 Å². The van der Waals surface area contributed by atoms with E-state index in [0.717, 1.165) is 6.07 Å². The molecule has 0 radical (unpaired) electrons. The van der Waals surface area contributed by atoms with Crippen LogP contribution in [0, 0.1) is 19.7 Å². The number of rotatable bonds is 3. The average molecular weight is 297 g/mol. The van der Waals surface area contributed by atoms with E-state index in [1.807, 2.05) is 0 Å². The largest absolute Gasteiger partial charge is 0.477 e. The summed E-state index contributed by atoms with van der Waals surface area (Å²) in [7, 11) is 0. The standard InChI is InChI=1S/C13H10ClFN2O3/c1-6-7(2)16-17-12(11(6)13(18)19)20-8-3-4-10(15)9(14)5-8/h3-5H,1-2H3,(H,18,19). The Kier molecular flexibility index (Phi) is 3.85. The van der Waals surface area contributed by atoms with Crippen LogP contribution < -0.4 is 4.74 Å². The maximum absolute atomic E-state index is 13.1. The van der Waals surface area contributed by atoms with E-state index in [0.29, 0.717) is 11.3 Å². The Morgan fingerprint density at radius 1 is 1.35 bits per heavy atom. The first-order chi connectivity index (χ1) is 9.40. The molecule has 0 aliphatic heterocycles. The van der Waals surface area contributed by atoms with Gasteiger partial charge in [0.2, 0.25) is 0 Å². The van der Waals surface area contributed by atoms with Gasteiger partial charge in [0.15, 0.2) is 0 Å². The lowest BCUT2D eigenvalue weighted by molar-refractivity contribution is 0.0692. The van der Waals surface area contributed by atoms with Crippen molar-refractivity contribution in [2.75, 3.05) is 0 Å². The minimum absolute atomic E-state index is 0.0852. The predicted octanol–water partition coefficient (Wildman–Crippen LogP) is 3.38. The highest BCUT2D eigenvalue weighted by Gasteiger charge is 2.19. The molecular weight excluding hydrogens is 287 g/mol. The van der Waals surface area contributed by atoms with Crippen LogP contribution in [0.25, 0.3) is 0 Å². The number of hydrogen-bond donors (Lipinski definition) is 1. The Morgan fingerprint density at radius 2 is 2.05 bits per heavy atom. The molecule has 5 nitrogen and oxygen atoms in total. The lowest BCUT2D eigenvalue weighted by atomic mass is 10.1. The Morgan fingerprint density at radius 3 is 2.65 bits per heavy atom. The van der Waals surface area contributed by atoms with Crippen molar-refractivity contribution in [1.82, 2.24) is 10.2 Å². The Bertz CT molecular complexity index is 692. The summed E-state index contributed by atoms with van der Waals surface area (Å²) in [6, 6.07) is 3.68. The number of aromatic nitrogens is 2. The second kappa shape index (κ2) is 5.42. The van der Waals surface area contributed by atoms with Gasteiger partial charge in [-0.05, 0) is 31.5 Å². The highest BCUT2D eigenvalue weighted by atomic mass is 35.5. The molecule has 0 amide bonds.